The zero-order valence-corrected chi connectivity index (χ0v) is 12.1. The number of methoxy groups -OCH3 is 1. The molecule has 0 aliphatic rings. The van der Waals surface area contributed by atoms with E-state index in [2.05, 4.69) is 9.71 Å². The van der Waals surface area contributed by atoms with Gasteiger partial charge in [0.05, 0.1) is 22.7 Å². The molecule has 20 heavy (non-hydrogen) atoms. The third kappa shape index (κ3) is 3.12. The van der Waals surface area contributed by atoms with Crippen LogP contribution in [0.5, 0.6) is 5.75 Å². The first kappa shape index (κ1) is 14.4. The molecule has 6 nitrogen and oxygen atoms in total. The molecular formula is C12H12ClN3O3S. The number of anilines is 2. The Balaban J connectivity index is 2.33. The number of nitrogens with one attached hydrogen (secondary N) is 1. The Bertz CT molecular complexity index is 734. The van der Waals surface area contributed by atoms with Crippen molar-refractivity contribution >= 4 is 33.1 Å². The van der Waals surface area contributed by atoms with Crippen molar-refractivity contribution < 1.29 is 13.2 Å². The van der Waals surface area contributed by atoms with Crippen LogP contribution in [-0.4, -0.2) is 20.5 Å². The quantitative estimate of drug-likeness (QED) is 0.901. The van der Waals surface area contributed by atoms with Crippen molar-refractivity contribution in [3.05, 3.63) is 41.6 Å². The van der Waals surface area contributed by atoms with Gasteiger partial charge in [0.25, 0.3) is 10.0 Å². The highest BCUT2D eigenvalue weighted by Gasteiger charge is 2.15. The number of nitrogens with two attached hydrogens (primary N) is 1. The molecule has 0 radical (unpaired) electrons. The van der Waals surface area contributed by atoms with Crippen LogP contribution < -0.4 is 15.2 Å². The fourth-order valence-corrected chi connectivity index (χ4v) is 2.80. The van der Waals surface area contributed by atoms with Crippen molar-refractivity contribution in [1.29, 1.82) is 0 Å². The van der Waals surface area contributed by atoms with Gasteiger partial charge in [0.1, 0.15) is 11.6 Å². The first-order valence-electron chi connectivity index (χ1n) is 5.50. The van der Waals surface area contributed by atoms with Crippen molar-refractivity contribution in [2.45, 2.75) is 4.90 Å². The second kappa shape index (κ2) is 5.56. The Morgan fingerprint density at radius 2 is 2.05 bits per heavy atom. The number of aromatic nitrogens is 1. The minimum atomic E-state index is -3.74. The summed E-state index contributed by atoms with van der Waals surface area (Å²) in [6, 6.07) is 7.19. The van der Waals surface area contributed by atoms with E-state index in [-0.39, 0.29) is 10.7 Å². The minimum absolute atomic E-state index is 0.0268. The van der Waals surface area contributed by atoms with E-state index >= 15 is 0 Å². The molecule has 0 atom stereocenters. The van der Waals surface area contributed by atoms with E-state index in [9.17, 15) is 8.42 Å². The van der Waals surface area contributed by atoms with E-state index in [4.69, 9.17) is 22.1 Å². The van der Waals surface area contributed by atoms with E-state index in [1.54, 1.807) is 6.07 Å². The van der Waals surface area contributed by atoms with Crippen LogP contribution >= 0.6 is 11.6 Å². The molecule has 3 N–H and O–H groups in total. The van der Waals surface area contributed by atoms with Gasteiger partial charge < -0.3 is 10.5 Å². The number of hydrogen-bond donors (Lipinski definition) is 2. The predicted octanol–water partition coefficient (Wildman–Crippen LogP) is 2.13. The number of sulfonamides is 1. The number of nitrogens with zero attached hydrogens (tertiary/aromatic N) is 1. The van der Waals surface area contributed by atoms with Crippen LogP contribution in [0.25, 0.3) is 0 Å². The lowest BCUT2D eigenvalue weighted by Gasteiger charge is -2.10. The Labute approximate surface area is 121 Å². The molecule has 0 spiro atoms. The van der Waals surface area contributed by atoms with Crippen molar-refractivity contribution in [3.8, 4) is 5.75 Å². The van der Waals surface area contributed by atoms with E-state index in [1.165, 1.54) is 37.6 Å². The fourth-order valence-electron chi connectivity index (χ4n) is 1.53. The van der Waals surface area contributed by atoms with E-state index in [0.717, 1.165) is 0 Å². The summed E-state index contributed by atoms with van der Waals surface area (Å²) in [7, 11) is -2.29. The van der Waals surface area contributed by atoms with Crippen LogP contribution in [0.2, 0.25) is 5.02 Å². The largest absolute Gasteiger partial charge is 0.495 e. The van der Waals surface area contributed by atoms with Crippen molar-refractivity contribution in [2.24, 2.45) is 0 Å². The maximum absolute atomic E-state index is 12.2. The third-order valence-electron chi connectivity index (χ3n) is 2.47. The summed E-state index contributed by atoms with van der Waals surface area (Å²) in [4.78, 5) is 3.77. The van der Waals surface area contributed by atoms with Crippen LogP contribution in [0.4, 0.5) is 11.5 Å². The van der Waals surface area contributed by atoms with Crippen LogP contribution in [0, 0.1) is 0 Å². The Morgan fingerprint density at radius 3 is 2.70 bits per heavy atom. The highest BCUT2D eigenvalue weighted by molar-refractivity contribution is 7.92. The average Bonchev–Trinajstić information content (AvgIpc) is 2.40. The van der Waals surface area contributed by atoms with E-state index < -0.39 is 10.0 Å². The normalized spacial score (nSPS) is 11.1. The summed E-state index contributed by atoms with van der Waals surface area (Å²) in [5.74, 6) is 0.502. The molecule has 2 rings (SSSR count). The second-order valence-electron chi connectivity index (χ2n) is 3.87. The lowest BCUT2D eigenvalue weighted by Crippen LogP contribution is -2.13. The second-order valence-corrected chi connectivity index (χ2v) is 5.96. The van der Waals surface area contributed by atoms with Crippen LogP contribution in [-0.2, 0) is 10.0 Å². The summed E-state index contributed by atoms with van der Waals surface area (Å²) in [5.41, 5.74) is 5.81. The van der Waals surface area contributed by atoms with Crippen molar-refractivity contribution in [3.63, 3.8) is 0 Å². The lowest BCUT2D eigenvalue weighted by molar-refractivity contribution is 0.415. The van der Waals surface area contributed by atoms with Gasteiger partial charge in [-0.3, -0.25) is 4.72 Å². The SMILES string of the molecule is COc1cc(NS(=O)(=O)c2ccnc(N)c2)ccc1Cl. The molecule has 0 aliphatic heterocycles. The van der Waals surface area contributed by atoms with Gasteiger partial charge in [-0.2, -0.15) is 0 Å². The number of hydrogen-bond acceptors (Lipinski definition) is 5. The molecule has 1 aromatic heterocycles. The molecule has 1 aromatic carbocycles. The molecule has 0 fully saturated rings. The minimum Gasteiger partial charge on any atom is -0.495 e. The zero-order chi connectivity index (χ0) is 14.8. The van der Waals surface area contributed by atoms with Gasteiger partial charge >= 0.3 is 0 Å². The molecule has 0 aliphatic carbocycles. The van der Waals surface area contributed by atoms with E-state index in [1.807, 2.05) is 0 Å². The number of rotatable bonds is 4. The summed E-state index contributed by atoms with van der Waals surface area (Å²) in [6.07, 6.45) is 1.33. The number of nitrogen functional groups attached to an aromatic ring is 1. The van der Waals surface area contributed by atoms with Crippen molar-refractivity contribution in [1.82, 2.24) is 4.98 Å². The Morgan fingerprint density at radius 1 is 1.30 bits per heavy atom. The Kier molecular flexibility index (Phi) is 4.01. The number of benzene rings is 1. The average molecular weight is 314 g/mol. The van der Waals surface area contributed by atoms with Gasteiger partial charge in [0.15, 0.2) is 0 Å². The highest BCUT2D eigenvalue weighted by atomic mass is 35.5. The smallest absolute Gasteiger partial charge is 0.262 e. The monoisotopic (exact) mass is 313 g/mol. The van der Waals surface area contributed by atoms with Gasteiger partial charge in [-0.1, -0.05) is 11.6 Å². The first-order chi connectivity index (χ1) is 9.42. The molecule has 2 aromatic rings. The van der Waals surface area contributed by atoms with Gasteiger partial charge in [-0.15, -0.1) is 0 Å². The molecule has 0 saturated heterocycles. The Hall–Kier alpha value is -1.99. The van der Waals surface area contributed by atoms with Crippen LogP contribution in [0.15, 0.2) is 41.4 Å². The molecule has 0 unspecified atom stereocenters. The van der Waals surface area contributed by atoms with Gasteiger partial charge in [-0.25, -0.2) is 13.4 Å². The molecule has 106 valence electrons. The lowest BCUT2D eigenvalue weighted by atomic mass is 10.3. The van der Waals surface area contributed by atoms with Gasteiger partial charge in [0, 0.05) is 18.3 Å². The van der Waals surface area contributed by atoms with Crippen LogP contribution in [0.3, 0.4) is 0 Å². The molecule has 0 amide bonds. The number of ether oxygens (including phenoxy) is 1. The topological polar surface area (TPSA) is 94.3 Å². The standard InChI is InChI=1S/C12H12ClN3O3S/c1-19-11-6-8(2-3-10(11)13)16-20(17,18)9-4-5-15-12(14)7-9/h2-7,16H,1H3,(H2,14,15). The number of halogens is 1. The van der Waals surface area contributed by atoms with Gasteiger partial charge in [0.2, 0.25) is 0 Å². The number of pyridine rings is 1. The highest BCUT2D eigenvalue weighted by Crippen LogP contribution is 2.28. The summed E-state index contributed by atoms with van der Waals surface area (Å²) in [6.45, 7) is 0. The first-order valence-corrected chi connectivity index (χ1v) is 7.36. The zero-order valence-electron chi connectivity index (χ0n) is 10.5. The maximum Gasteiger partial charge on any atom is 0.262 e. The van der Waals surface area contributed by atoms with Crippen molar-refractivity contribution in [2.75, 3.05) is 17.6 Å². The summed E-state index contributed by atoms with van der Waals surface area (Å²) >= 11 is 5.88. The fraction of sp³-hybridized carbons (Fsp3) is 0.0833. The molecule has 0 saturated carbocycles. The third-order valence-corrected chi connectivity index (χ3v) is 4.16. The molecule has 0 bridgehead atoms. The maximum atomic E-state index is 12.2. The molecule has 8 heteroatoms. The summed E-state index contributed by atoms with van der Waals surface area (Å²) in [5, 5.41) is 0.392. The van der Waals surface area contributed by atoms with Gasteiger partial charge in [-0.05, 0) is 18.2 Å². The summed E-state index contributed by atoms with van der Waals surface area (Å²) < 4.78 is 31.8. The van der Waals surface area contributed by atoms with E-state index in [0.29, 0.717) is 16.5 Å². The van der Waals surface area contributed by atoms with Crippen LogP contribution in [0.1, 0.15) is 0 Å². The molecule has 1 heterocycles. The predicted molar refractivity (Wildman–Crippen MR) is 77.5 cm³/mol. The molecular weight excluding hydrogens is 302 g/mol.